The van der Waals surface area contributed by atoms with Crippen molar-refractivity contribution >= 4 is 28.2 Å². The summed E-state index contributed by atoms with van der Waals surface area (Å²) in [5.74, 6) is -0.666. The van der Waals surface area contributed by atoms with Crippen molar-refractivity contribution in [3.05, 3.63) is 83.4 Å². The van der Waals surface area contributed by atoms with E-state index in [0.717, 1.165) is 35.6 Å². The van der Waals surface area contributed by atoms with Crippen LogP contribution in [0.3, 0.4) is 0 Å². The Labute approximate surface area is 187 Å². The van der Waals surface area contributed by atoms with Crippen molar-refractivity contribution < 1.29 is 19.4 Å². The molecule has 4 rings (SSSR count). The minimum absolute atomic E-state index is 0.132. The lowest BCUT2D eigenvalue weighted by Gasteiger charge is -2.25. The molecule has 164 valence electrons. The number of likely N-dealkylation sites (tertiary alicyclic amines) is 1. The van der Waals surface area contributed by atoms with Crippen LogP contribution in [-0.2, 0) is 9.59 Å². The Balaban J connectivity index is 1.88. The van der Waals surface area contributed by atoms with E-state index in [-0.39, 0.29) is 11.3 Å². The van der Waals surface area contributed by atoms with Gasteiger partial charge in [-0.25, -0.2) is 0 Å². The molecule has 5 nitrogen and oxygen atoms in total. The number of carbonyl (C=O) groups is 2. The summed E-state index contributed by atoms with van der Waals surface area (Å²) in [5.41, 5.74) is 1.45. The summed E-state index contributed by atoms with van der Waals surface area (Å²) in [4.78, 5) is 27.8. The summed E-state index contributed by atoms with van der Waals surface area (Å²) in [5, 5.41) is 13.2. The molecule has 0 radical (unpaired) electrons. The summed E-state index contributed by atoms with van der Waals surface area (Å²) in [7, 11) is 1.59. The molecule has 3 aromatic carbocycles. The number of ether oxygens (including phenoxy) is 1. The third-order valence-electron chi connectivity index (χ3n) is 6.02. The zero-order chi connectivity index (χ0) is 22.7. The van der Waals surface area contributed by atoms with Crippen LogP contribution in [0.4, 0.5) is 0 Å². The molecule has 1 heterocycles. The molecular formula is C27H27NO4. The first-order valence-electron chi connectivity index (χ1n) is 11.0. The van der Waals surface area contributed by atoms with Gasteiger partial charge in [0, 0.05) is 12.1 Å². The number of carbonyl (C=O) groups excluding carboxylic acids is 2. The minimum Gasteiger partial charge on any atom is -0.507 e. The van der Waals surface area contributed by atoms with Crippen molar-refractivity contribution in [2.24, 2.45) is 0 Å². The molecule has 1 unspecified atom stereocenters. The highest BCUT2D eigenvalue weighted by atomic mass is 16.5. The van der Waals surface area contributed by atoms with Crippen LogP contribution in [0, 0.1) is 0 Å². The molecule has 1 fully saturated rings. The van der Waals surface area contributed by atoms with Crippen molar-refractivity contribution in [1.82, 2.24) is 4.90 Å². The Bertz CT molecular complexity index is 1170. The summed E-state index contributed by atoms with van der Waals surface area (Å²) >= 11 is 0. The second-order valence-corrected chi connectivity index (χ2v) is 8.00. The van der Waals surface area contributed by atoms with Crippen LogP contribution in [0.15, 0.2) is 72.3 Å². The fraction of sp³-hybridized carbons (Fsp3) is 0.259. The van der Waals surface area contributed by atoms with Crippen LogP contribution >= 0.6 is 0 Å². The number of aliphatic hydroxyl groups is 1. The Hall–Kier alpha value is -3.60. The van der Waals surface area contributed by atoms with Gasteiger partial charge in [-0.2, -0.15) is 0 Å². The topological polar surface area (TPSA) is 66.8 Å². The van der Waals surface area contributed by atoms with Crippen molar-refractivity contribution in [2.45, 2.75) is 32.2 Å². The van der Waals surface area contributed by atoms with Crippen LogP contribution in [0.1, 0.15) is 43.4 Å². The van der Waals surface area contributed by atoms with E-state index in [9.17, 15) is 14.7 Å². The number of amides is 1. The monoisotopic (exact) mass is 429 g/mol. The molecule has 1 amide bonds. The van der Waals surface area contributed by atoms with E-state index in [2.05, 4.69) is 6.92 Å². The molecule has 1 aliphatic heterocycles. The van der Waals surface area contributed by atoms with Crippen molar-refractivity contribution in [1.29, 1.82) is 0 Å². The normalized spacial score (nSPS) is 17.8. The molecule has 5 heteroatoms. The molecule has 0 aliphatic carbocycles. The van der Waals surface area contributed by atoms with Gasteiger partial charge in [-0.1, -0.05) is 74.4 Å². The van der Waals surface area contributed by atoms with Crippen LogP contribution in [0.2, 0.25) is 0 Å². The van der Waals surface area contributed by atoms with Crippen molar-refractivity contribution in [3.8, 4) is 5.75 Å². The van der Waals surface area contributed by atoms with Gasteiger partial charge < -0.3 is 14.7 Å². The number of rotatable bonds is 7. The second-order valence-electron chi connectivity index (χ2n) is 8.00. The standard InChI is InChI=1S/C27H27NO4/c1-3-4-7-17-28-24(19-13-15-20(32-2)16-14-19)23(26(30)27(28)31)25(29)22-12-8-10-18-9-5-6-11-21(18)22/h5-6,8-16,24,29H,3-4,7,17H2,1-2H3/b25-23-. The quantitative estimate of drug-likeness (QED) is 0.234. The third-order valence-corrected chi connectivity index (χ3v) is 6.02. The maximum atomic E-state index is 13.2. The van der Waals surface area contributed by atoms with Crippen LogP contribution in [0.25, 0.3) is 16.5 Å². The predicted molar refractivity (Wildman–Crippen MR) is 125 cm³/mol. The second kappa shape index (κ2) is 9.27. The van der Waals surface area contributed by atoms with E-state index in [1.165, 1.54) is 0 Å². The molecule has 1 N–H and O–H groups in total. The van der Waals surface area contributed by atoms with Crippen LogP contribution in [0.5, 0.6) is 5.75 Å². The zero-order valence-corrected chi connectivity index (χ0v) is 18.4. The van der Waals surface area contributed by atoms with Gasteiger partial charge in [-0.3, -0.25) is 9.59 Å². The average Bonchev–Trinajstić information content (AvgIpc) is 3.08. The predicted octanol–water partition coefficient (Wildman–Crippen LogP) is 5.46. The number of aliphatic hydroxyl groups excluding tert-OH is 1. The molecule has 32 heavy (non-hydrogen) atoms. The Morgan fingerprint density at radius 3 is 2.41 bits per heavy atom. The van der Waals surface area contributed by atoms with Crippen molar-refractivity contribution in [2.75, 3.05) is 13.7 Å². The number of benzene rings is 3. The molecular weight excluding hydrogens is 402 g/mol. The first kappa shape index (κ1) is 21.6. The van der Waals surface area contributed by atoms with Gasteiger partial charge in [0.25, 0.3) is 11.7 Å². The van der Waals surface area contributed by atoms with Crippen LogP contribution < -0.4 is 4.74 Å². The maximum Gasteiger partial charge on any atom is 0.295 e. The van der Waals surface area contributed by atoms with Gasteiger partial charge in [-0.05, 0) is 34.9 Å². The number of nitrogens with zero attached hydrogens (tertiary/aromatic N) is 1. The number of hydrogen-bond acceptors (Lipinski definition) is 4. The average molecular weight is 430 g/mol. The number of methoxy groups -OCH3 is 1. The minimum atomic E-state index is -0.646. The van der Waals surface area contributed by atoms with E-state index >= 15 is 0 Å². The fourth-order valence-corrected chi connectivity index (χ4v) is 4.35. The van der Waals surface area contributed by atoms with E-state index in [0.29, 0.717) is 17.9 Å². The lowest BCUT2D eigenvalue weighted by Crippen LogP contribution is -2.30. The lowest BCUT2D eigenvalue weighted by atomic mass is 9.93. The highest BCUT2D eigenvalue weighted by Gasteiger charge is 2.45. The summed E-state index contributed by atoms with van der Waals surface area (Å²) in [6.07, 6.45) is 2.76. The number of ketones is 1. The first-order chi connectivity index (χ1) is 15.6. The largest absolute Gasteiger partial charge is 0.507 e. The van der Waals surface area contributed by atoms with Crippen molar-refractivity contribution in [3.63, 3.8) is 0 Å². The van der Waals surface area contributed by atoms with Gasteiger partial charge in [0.2, 0.25) is 0 Å². The summed E-state index contributed by atoms with van der Waals surface area (Å²) in [6, 6.07) is 19.9. The third kappa shape index (κ3) is 3.86. The molecule has 0 aromatic heterocycles. The first-order valence-corrected chi connectivity index (χ1v) is 11.0. The lowest BCUT2D eigenvalue weighted by molar-refractivity contribution is -0.139. The van der Waals surface area contributed by atoms with E-state index in [1.54, 1.807) is 30.2 Å². The van der Waals surface area contributed by atoms with Crippen LogP contribution in [-0.4, -0.2) is 35.4 Å². The smallest absolute Gasteiger partial charge is 0.295 e. The van der Waals surface area contributed by atoms with Gasteiger partial charge in [0.05, 0.1) is 18.7 Å². The summed E-state index contributed by atoms with van der Waals surface area (Å²) in [6.45, 7) is 2.55. The van der Waals surface area contributed by atoms with Gasteiger partial charge in [-0.15, -0.1) is 0 Å². The molecule has 0 spiro atoms. The molecule has 1 aliphatic rings. The highest BCUT2D eigenvalue weighted by Crippen LogP contribution is 2.41. The zero-order valence-electron chi connectivity index (χ0n) is 18.4. The van der Waals surface area contributed by atoms with Gasteiger partial charge in [0.1, 0.15) is 11.5 Å². The Morgan fingerprint density at radius 2 is 1.69 bits per heavy atom. The molecule has 0 bridgehead atoms. The summed E-state index contributed by atoms with van der Waals surface area (Å²) < 4.78 is 5.26. The SMILES string of the molecule is CCCCCN1C(=O)C(=O)/C(=C(\O)c2cccc3ccccc23)C1c1ccc(OC)cc1. The fourth-order valence-electron chi connectivity index (χ4n) is 4.35. The Kier molecular flexibility index (Phi) is 6.26. The maximum absolute atomic E-state index is 13.2. The Morgan fingerprint density at radius 1 is 0.969 bits per heavy atom. The van der Waals surface area contributed by atoms with Gasteiger partial charge in [0.15, 0.2) is 0 Å². The van der Waals surface area contributed by atoms with Gasteiger partial charge >= 0.3 is 0 Å². The van der Waals surface area contributed by atoms with E-state index in [4.69, 9.17) is 4.74 Å². The number of hydrogen-bond donors (Lipinski definition) is 1. The molecule has 3 aromatic rings. The molecule has 1 atom stereocenters. The molecule has 1 saturated heterocycles. The number of Topliss-reactive ketones (excluding diaryl/α,β-unsaturated/α-hetero) is 1. The van der Waals surface area contributed by atoms with E-state index in [1.807, 2.05) is 48.5 Å². The number of fused-ring (bicyclic) bond motifs is 1. The van der Waals surface area contributed by atoms with E-state index < -0.39 is 17.7 Å². The highest BCUT2D eigenvalue weighted by molar-refractivity contribution is 6.46. The molecule has 0 saturated carbocycles. The number of unbranched alkanes of at least 4 members (excludes halogenated alkanes) is 2.